The standard InChI is InChI=1S/C26H51NO3/c1-3-5-6-7-8-10-13-16-19-22-25(28)27-24-21-18-15-12-9-11-14-17-20-23-26(29)30-4-2/h3-24H2,1-2H3,(H,27,28). The lowest BCUT2D eigenvalue weighted by molar-refractivity contribution is -0.143. The Kier molecular flexibility index (Phi) is 23.4. The van der Waals surface area contributed by atoms with Crippen LogP contribution in [-0.4, -0.2) is 25.0 Å². The Labute approximate surface area is 187 Å². The molecule has 4 nitrogen and oxygen atoms in total. The van der Waals surface area contributed by atoms with Gasteiger partial charge in [-0.15, -0.1) is 0 Å². The van der Waals surface area contributed by atoms with Gasteiger partial charge in [-0.2, -0.15) is 0 Å². The van der Waals surface area contributed by atoms with E-state index < -0.39 is 0 Å². The Morgan fingerprint density at radius 3 is 1.50 bits per heavy atom. The molecule has 1 amide bonds. The molecule has 0 aliphatic rings. The molecule has 0 aliphatic heterocycles. The van der Waals surface area contributed by atoms with Gasteiger partial charge >= 0.3 is 5.97 Å². The fourth-order valence-electron chi connectivity index (χ4n) is 3.78. The summed E-state index contributed by atoms with van der Waals surface area (Å²) in [6, 6.07) is 0. The minimum Gasteiger partial charge on any atom is -0.466 e. The molecule has 0 aromatic rings. The second-order valence-electron chi connectivity index (χ2n) is 8.67. The molecule has 0 saturated heterocycles. The summed E-state index contributed by atoms with van der Waals surface area (Å²) in [5.74, 6) is 0.179. The number of carbonyl (C=O) groups excluding carboxylic acids is 2. The van der Waals surface area contributed by atoms with E-state index in [1.807, 2.05) is 6.92 Å². The van der Waals surface area contributed by atoms with Crippen LogP contribution in [0, 0.1) is 0 Å². The van der Waals surface area contributed by atoms with E-state index in [9.17, 15) is 9.59 Å². The van der Waals surface area contributed by atoms with Crippen LogP contribution in [0.1, 0.15) is 142 Å². The van der Waals surface area contributed by atoms with Crippen molar-refractivity contribution in [1.29, 1.82) is 0 Å². The van der Waals surface area contributed by atoms with Gasteiger partial charge in [0, 0.05) is 19.4 Å². The zero-order valence-electron chi connectivity index (χ0n) is 20.3. The van der Waals surface area contributed by atoms with Crippen molar-refractivity contribution in [2.75, 3.05) is 13.2 Å². The van der Waals surface area contributed by atoms with Gasteiger partial charge in [0.2, 0.25) is 5.91 Å². The highest BCUT2D eigenvalue weighted by molar-refractivity contribution is 5.75. The van der Waals surface area contributed by atoms with Crippen molar-refractivity contribution in [3.8, 4) is 0 Å². The second kappa shape index (κ2) is 24.2. The van der Waals surface area contributed by atoms with Crippen molar-refractivity contribution in [2.45, 2.75) is 142 Å². The van der Waals surface area contributed by atoms with Crippen molar-refractivity contribution in [3.63, 3.8) is 0 Å². The first-order chi connectivity index (χ1) is 14.7. The van der Waals surface area contributed by atoms with Crippen LogP contribution in [0.25, 0.3) is 0 Å². The molecule has 0 aliphatic carbocycles. The monoisotopic (exact) mass is 425 g/mol. The summed E-state index contributed by atoms with van der Waals surface area (Å²) in [5.41, 5.74) is 0. The molecule has 0 spiro atoms. The summed E-state index contributed by atoms with van der Waals surface area (Å²) < 4.78 is 4.93. The molecule has 0 atom stereocenters. The number of ether oxygens (including phenoxy) is 1. The summed E-state index contributed by atoms with van der Waals surface area (Å²) in [6.45, 7) is 5.43. The van der Waals surface area contributed by atoms with E-state index in [4.69, 9.17) is 4.74 Å². The first kappa shape index (κ1) is 28.9. The average molecular weight is 426 g/mol. The van der Waals surface area contributed by atoms with Crippen LogP contribution >= 0.6 is 0 Å². The second-order valence-corrected chi connectivity index (χ2v) is 8.67. The number of esters is 1. The van der Waals surface area contributed by atoms with E-state index in [0.717, 1.165) is 32.2 Å². The molecule has 4 heteroatoms. The fourth-order valence-corrected chi connectivity index (χ4v) is 3.78. The number of amides is 1. The van der Waals surface area contributed by atoms with Gasteiger partial charge in [0.1, 0.15) is 0 Å². The highest BCUT2D eigenvalue weighted by Gasteiger charge is 2.02. The predicted octanol–water partition coefficient (Wildman–Crippen LogP) is 7.49. The minimum absolute atomic E-state index is 0.0576. The molecule has 1 N–H and O–H groups in total. The van der Waals surface area contributed by atoms with Gasteiger partial charge in [-0.25, -0.2) is 0 Å². The third kappa shape index (κ3) is 23.2. The lowest BCUT2D eigenvalue weighted by Crippen LogP contribution is -2.23. The minimum atomic E-state index is -0.0576. The lowest BCUT2D eigenvalue weighted by atomic mass is 10.1. The predicted molar refractivity (Wildman–Crippen MR) is 128 cm³/mol. The van der Waals surface area contributed by atoms with Gasteiger partial charge in [0.15, 0.2) is 0 Å². The zero-order chi connectivity index (χ0) is 22.1. The van der Waals surface area contributed by atoms with E-state index in [1.54, 1.807) is 0 Å². The van der Waals surface area contributed by atoms with Crippen LogP contribution in [0.4, 0.5) is 0 Å². The van der Waals surface area contributed by atoms with Crippen molar-refractivity contribution in [2.24, 2.45) is 0 Å². The van der Waals surface area contributed by atoms with E-state index in [2.05, 4.69) is 12.2 Å². The topological polar surface area (TPSA) is 55.4 Å². The molecule has 0 saturated carbocycles. The van der Waals surface area contributed by atoms with Crippen molar-refractivity contribution >= 4 is 11.9 Å². The molecule has 178 valence electrons. The molecule has 0 heterocycles. The van der Waals surface area contributed by atoms with Crippen LogP contribution in [0.15, 0.2) is 0 Å². The largest absolute Gasteiger partial charge is 0.466 e. The molecule has 30 heavy (non-hydrogen) atoms. The van der Waals surface area contributed by atoms with Gasteiger partial charge in [-0.05, 0) is 26.2 Å². The van der Waals surface area contributed by atoms with E-state index >= 15 is 0 Å². The van der Waals surface area contributed by atoms with Gasteiger partial charge in [0.25, 0.3) is 0 Å². The molecule has 0 rings (SSSR count). The van der Waals surface area contributed by atoms with Crippen LogP contribution in [0.2, 0.25) is 0 Å². The van der Waals surface area contributed by atoms with Crippen LogP contribution < -0.4 is 5.32 Å². The van der Waals surface area contributed by atoms with Crippen LogP contribution in [-0.2, 0) is 14.3 Å². The van der Waals surface area contributed by atoms with Crippen LogP contribution in [0.3, 0.4) is 0 Å². The molecular formula is C26H51NO3. The Hall–Kier alpha value is -1.06. The summed E-state index contributed by atoms with van der Waals surface area (Å²) in [4.78, 5) is 23.1. The summed E-state index contributed by atoms with van der Waals surface area (Å²) in [6.07, 6.45) is 23.6. The Bertz CT molecular complexity index is 384. The summed E-state index contributed by atoms with van der Waals surface area (Å²) >= 11 is 0. The van der Waals surface area contributed by atoms with Crippen molar-refractivity contribution < 1.29 is 14.3 Å². The Balaban J connectivity index is 3.18. The normalized spacial score (nSPS) is 10.9. The van der Waals surface area contributed by atoms with Crippen molar-refractivity contribution in [1.82, 2.24) is 5.32 Å². The lowest BCUT2D eigenvalue weighted by Gasteiger charge is -2.06. The van der Waals surface area contributed by atoms with Gasteiger partial charge in [-0.1, -0.05) is 103 Å². The van der Waals surface area contributed by atoms with E-state index in [1.165, 1.54) is 89.9 Å². The first-order valence-corrected chi connectivity index (χ1v) is 13.1. The maximum Gasteiger partial charge on any atom is 0.305 e. The number of hydrogen-bond acceptors (Lipinski definition) is 3. The molecule has 0 unspecified atom stereocenters. The molecule has 0 radical (unpaired) electrons. The smallest absolute Gasteiger partial charge is 0.305 e. The molecule has 0 bridgehead atoms. The first-order valence-electron chi connectivity index (χ1n) is 13.1. The Morgan fingerprint density at radius 1 is 0.567 bits per heavy atom. The molecule has 0 aromatic carbocycles. The molecule has 0 fully saturated rings. The maximum atomic E-state index is 11.8. The van der Waals surface area contributed by atoms with Gasteiger partial charge in [-0.3, -0.25) is 9.59 Å². The average Bonchev–Trinajstić information content (AvgIpc) is 2.73. The fraction of sp³-hybridized carbons (Fsp3) is 0.923. The third-order valence-corrected chi connectivity index (χ3v) is 5.69. The summed E-state index contributed by atoms with van der Waals surface area (Å²) in [5, 5.41) is 3.07. The quantitative estimate of drug-likeness (QED) is 0.136. The number of rotatable bonds is 23. The van der Waals surface area contributed by atoms with Crippen LogP contribution in [0.5, 0.6) is 0 Å². The SMILES string of the molecule is CCCCCCCCCCCC(=O)NCCCCCCCCCCCC(=O)OCC. The number of carbonyl (C=O) groups is 2. The number of unbranched alkanes of at least 4 members (excludes halogenated alkanes) is 16. The van der Waals surface area contributed by atoms with E-state index in [-0.39, 0.29) is 11.9 Å². The maximum absolute atomic E-state index is 11.8. The highest BCUT2D eigenvalue weighted by Crippen LogP contribution is 2.12. The van der Waals surface area contributed by atoms with Crippen molar-refractivity contribution in [3.05, 3.63) is 0 Å². The zero-order valence-corrected chi connectivity index (χ0v) is 20.3. The van der Waals surface area contributed by atoms with Gasteiger partial charge < -0.3 is 10.1 Å². The Morgan fingerprint density at radius 2 is 1.00 bits per heavy atom. The summed E-state index contributed by atoms with van der Waals surface area (Å²) in [7, 11) is 0. The van der Waals surface area contributed by atoms with E-state index in [0.29, 0.717) is 19.4 Å². The number of nitrogens with one attached hydrogen (secondary N) is 1. The third-order valence-electron chi connectivity index (χ3n) is 5.69. The molecule has 0 aromatic heterocycles. The molecular weight excluding hydrogens is 374 g/mol. The van der Waals surface area contributed by atoms with Gasteiger partial charge in [0.05, 0.1) is 6.61 Å². The highest BCUT2D eigenvalue weighted by atomic mass is 16.5. The number of hydrogen-bond donors (Lipinski definition) is 1.